The second-order valence-corrected chi connectivity index (χ2v) is 14.3. The van der Waals surface area contributed by atoms with Crippen molar-refractivity contribution < 1.29 is 4.42 Å². The average molecular weight is 715 g/mol. The fourth-order valence-electron chi connectivity index (χ4n) is 8.26. The topological polar surface area (TPSA) is 31.0 Å². The molecule has 3 heteroatoms. The minimum absolute atomic E-state index is 0.912. The van der Waals surface area contributed by atoms with Gasteiger partial charge >= 0.3 is 0 Å². The van der Waals surface area contributed by atoms with Crippen LogP contribution in [-0.4, -0.2) is 9.55 Å². The molecule has 0 aliphatic heterocycles. The van der Waals surface area contributed by atoms with Crippen LogP contribution in [0.4, 0.5) is 0 Å². The van der Waals surface area contributed by atoms with Crippen LogP contribution in [0.5, 0.6) is 0 Å². The van der Waals surface area contributed by atoms with E-state index in [4.69, 9.17) is 9.40 Å². The minimum atomic E-state index is 0.912. The van der Waals surface area contributed by atoms with Crippen molar-refractivity contribution in [3.63, 3.8) is 0 Å². The second kappa shape index (κ2) is 13.1. The lowest BCUT2D eigenvalue weighted by Gasteiger charge is -2.11. The van der Waals surface area contributed by atoms with Crippen molar-refractivity contribution in [1.29, 1.82) is 0 Å². The molecule has 0 aliphatic rings. The molecule has 0 spiro atoms. The fourth-order valence-corrected chi connectivity index (χ4v) is 8.26. The molecule has 3 heterocycles. The van der Waals surface area contributed by atoms with E-state index in [0.29, 0.717) is 0 Å². The number of benzene rings is 8. The smallest absolute Gasteiger partial charge is 0.143 e. The third kappa shape index (κ3) is 5.40. The first-order valence-electron chi connectivity index (χ1n) is 19.0. The Morgan fingerprint density at radius 2 is 0.893 bits per heavy atom. The van der Waals surface area contributed by atoms with Crippen LogP contribution in [0.15, 0.2) is 211 Å². The van der Waals surface area contributed by atoms with Gasteiger partial charge in [0, 0.05) is 43.9 Å². The standard InChI is InChI=1S/C53H34N2O/c1-3-12-35(13-4-1)41-33-48(38-14-5-2-6-15-38)54-49(34-41)39-24-22-36(23-25-39)40-28-31-51-47(32-40)44-16-7-9-20-50(44)55(51)42-29-26-37(27-30-42)43-18-11-19-46-45-17-8-10-21-52(45)56-53(43)46/h1-34H. The molecular formula is C53H34N2O. The minimum Gasteiger partial charge on any atom is -0.455 e. The summed E-state index contributed by atoms with van der Waals surface area (Å²) >= 11 is 0. The molecule has 0 atom stereocenters. The summed E-state index contributed by atoms with van der Waals surface area (Å²) in [7, 11) is 0. The van der Waals surface area contributed by atoms with Crippen LogP contribution >= 0.6 is 0 Å². The third-order valence-corrected chi connectivity index (χ3v) is 11.0. The van der Waals surface area contributed by atoms with E-state index in [0.717, 1.165) is 66.8 Å². The normalized spacial score (nSPS) is 11.6. The Labute approximate surface area is 324 Å². The Morgan fingerprint density at radius 3 is 1.66 bits per heavy atom. The number of furan rings is 1. The number of aromatic nitrogens is 2. The highest BCUT2D eigenvalue weighted by molar-refractivity contribution is 6.11. The van der Waals surface area contributed by atoms with Gasteiger partial charge in [-0.15, -0.1) is 0 Å². The molecule has 0 saturated carbocycles. The first-order chi connectivity index (χ1) is 27.7. The highest BCUT2D eigenvalue weighted by Gasteiger charge is 2.16. The molecule has 56 heavy (non-hydrogen) atoms. The van der Waals surface area contributed by atoms with Crippen molar-refractivity contribution >= 4 is 43.7 Å². The number of fused-ring (bicyclic) bond motifs is 6. The van der Waals surface area contributed by atoms with Gasteiger partial charge in [0.1, 0.15) is 11.2 Å². The first kappa shape index (κ1) is 32.0. The van der Waals surface area contributed by atoms with E-state index in [1.807, 2.05) is 18.2 Å². The number of hydrogen-bond acceptors (Lipinski definition) is 2. The summed E-state index contributed by atoms with van der Waals surface area (Å²) in [6, 6.07) is 73.2. The van der Waals surface area contributed by atoms with Crippen LogP contribution in [0.2, 0.25) is 0 Å². The Kier molecular flexibility index (Phi) is 7.49. The second-order valence-electron chi connectivity index (χ2n) is 14.3. The van der Waals surface area contributed by atoms with Crippen molar-refractivity contribution in [3.8, 4) is 61.6 Å². The number of nitrogens with zero attached hydrogens (tertiary/aromatic N) is 2. The van der Waals surface area contributed by atoms with Crippen molar-refractivity contribution in [3.05, 3.63) is 206 Å². The monoisotopic (exact) mass is 714 g/mol. The zero-order valence-electron chi connectivity index (χ0n) is 30.4. The van der Waals surface area contributed by atoms with E-state index in [9.17, 15) is 0 Å². The number of rotatable bonds is 6. The summed E-state index contributed by atoms with van der Waals surface area (Å²) in [5, 5.41) is 4.74. The number of pyridine rings is 1. The molecule has 0 amide bonds. The zero-order chi connectivity index (χ0) is 37.0. The summed E-state index contributed by atoms with van der Waals surface area (Å²) in [5.74, 6) is 0. The van der Waals surface area contributed by atoms with E-state index in [1.165, 1.54) is 38.5 Å². The summed E-state index contributed by atoms with van der Waals surface area (Å²) in [6.07, 6.45) is 0. The molecule has 0 radical (unpaired) electrons. The summed E-state index contributed by atoms with van der Waals surface area (Å²) in [6.45, 7) is 0. The van der Waals surface area contributed by atoms with E-state index in [2.05, 4.69) is 193 Å². The maximum atomic E-state index is 6.37. The number of hydrogen-bond donors (Lipinski definition) is 0. The van der Waals surface area contributed by atoms with Gasteiger partial charge in [-0.2, -0.15) is 0 Å². The predicted molar refractivity (Wildman–Crippen MR) is 233 cm³/mol. The molecule has 0 unspecified atom stereocenters. The summed E-state index contributed by atoms with van der Waals surface area (Å²) in [5.41, 5.74) is 16.3. The molecule has 3 aromatic heterocycles. The summed E-state index contributed by atoms with van der Waals surface area (Å²) in [4.78, 5) is 5.15. The van der Waals surface area contributed by atoms with Crippen LogP contribution in [0, 0.1) is 0 Å². The first-order valence-corrected chi connectivity index (χ1v) is 19.0. The highest BCUT2D eigenvalue weighted by Crippen LogP contribution is 2.39. The van der Waals surface area contributed by atoms with Gasteiger partial charge in [0.2, 0.25) is 0 Å². The van der Waals surface area contributed by atoms with Crippen LogP contribution in [-0.2, 0) is 0 Å². The molecular weight excluding hydrogens is 681 g/mol. The van der Waals surface area contributed by atoms with Crippen molar-refractivity contribution in [2.24, 2.45) is 0 Å². The lowest BCUT2D eigenvalue weighted by molar-refractivity contribution is 0.670. The average Bonchev–Trinajstić information content (AvgIpc) is 3.83. The molecule has 0 aliphatic carbocycles. The number of para-hydroxylation sites is 3. The van der Waals surface area contributed by atoms with Gasteiger partial charge < -0.3 is 8.98 Å². The van der Waals surface area contributed by atoms with E-state index in [1.54, 1.807) is 0 Å². The van der Waals surface area contributed by atoms with Crippen molar-refractivity contribution in [1.82, 2.24) is 9.55 Å². The lowest BCUT2D eigenvalue weighted by atomic mass is 9.98. The van der Waals surface area contributed by atoms with Gasteiger partial charge in [-0.05, 0) is 76.3 Å². The molecule has 0 saturated heterocycles. The predicted octanol–water partition coefficient (Wildman–Crippen LogP) is 14.4. The Bertz CT molecular complexity index is 3150. The van der Waals surface area contributed by atoms with Crippen LogP contribution in [0.1, 0.15) is 0 Å². The summed E-state index contributed by atoms with van der Waals surface area (Å²) < 4.78 is 8.74. The van der Waals surface area contributed by atoms with Crippen molar-refractivity contribution in [2.45, 2.75) is 0 Å². The third-order valence-electron chi connectivity index (χ3n) is 11.0. The Balaban J connectivity index is 0.955. The fraction of sp³-hybridized carbons (Fsp3) is 0. The van der Waals surface area contributed by atoms with Crippen LogP contribution in [0.25, 0.3) is 105 Å². The van der Waals surface area contributed by atoms with Gasteiger partial charge in [-0.3, -0.25) is 0 Å². The molecule has 11 aromatic rings. The van der Waals surface area contributed by atoms with Gasteiger partial charge in [0.15, 0.2) is 0 Å². The largest absolute Gasteiger partial charge is 0.455 e. The molecule has 262 valence electrons. The van der Waals surface area contributed by atoms with Gasteiger partial charge in [0.25, 0.3) is 0 Å². The molecule has 0 bridgehead atoms. The van der Waals surface area contributed by atoms with Crippen LogP contribution < -0.4 is 0 Å². The molecule has 3 nitrogen and oxygen atoms in total. The quantitative estimate of drug-likeness (QED) is 0.172. The molecule has 11 rings (SSSR count). The molecule has 8 aromatic carbocycles. The lowest BCUT2D eigenvalue weighted by Crippen LogP contribution is -1.94. The maximum absolute atomic E-state index is 6.37. The van der Waals surface area contributed by atoms with Gasteiger partial charge in [-0.1, -0.05) is 158 Å². The van der Waals surface area contributed by atoms with E-state index in [-0.39, 0.29) is 0 Å². The van der Waals surface area contributed by atoms with E-state index < -0.39 is 0 Å². The molecule has 0 fully saturated rings. The Hall–Kier alpha value is -7.49. The molecule has 0 N–H and O–H groups in total. The SMILES string of the molecule is c1ccc(-c2cc(-c3ccccc3)nc(-c3ccc(-c4ccc5c(c4)c4ccccc4n5-c4ccc(-c5cccc6c5oc5ccccc56)cc4)cc3)c2)cc1. The van der Waals surface area contributed by atoms with Gasteiger partial charge in [-0.25, -0.2) is 4.98 Å². The van der Waals surface area contributed by atoms with Crippen LogP contribution in [0.3, 0.4) is 0 Å². The van der Waals surface area contributed by atoms with Crippen molar-refractivity contribution in [2.75, 3.05) is 0 Å². The Morgan fingerprint density at radius 1 is 0.339 bits per heavy atom. The van der Waals surface area contributed by atoms with Gasteiger partial charge in [0.05, 0.1) is 22.4 Å². The van der Waals surface area contributed by atoms with E-state index >= 15 is 0 Å². The maximum Gasteiger partial charge on any atom is 0.143 e. The zero-order valence-corrected chi connectivity index (χ0v) is 30.4. The highest BCUT2D eigenvalue weighted by atomic mass is 16.3.